The molecular weight excluding hydrogens is 254 g/mol. The van der Waals surface area contributed by atoms with Crippen molar-refractivity contribution in [2.24, 2.45) is 0 Å². The Morgan fingerprint density at radius 2 is 1.95 bits per heavy atom. The third kappa shape index (κ3) is 3.13. The number of anilines is 1. The third-order valence-corrected chi connectivity index (χ3v) is 3.20. The van der Waals surface area contributed by atoms with Crippen molar-refractivity contribution in [1.82, 2.24) is 4.90 Å². The highest BCUT2D eigenvalue weighted by Gasteiger charge is 2.26. The minimum absolute atomic E-state index is 0.320. The average molecular weight is 270 g/mol. The lowest BCUT2D eigenvalue weighted by atomic mass is 10.2. The molecule has 0 aliphatic carbocycles. The van der Waals surface area contributed by atoms with Crippen LogP contribution in [0.2, 0.25) is 0 Å². The van der Waals surface area contributed by atoms with E-state index < -0.39 is 12.3 Å². The van der Waals surface area contributed by atoms with Crippen LogP contribution in [-0.4, -0.2) is 50.5 Å². The van der Waals surface area contributed by atoms with E-state index in [1.807, 2.05) is 24.3 Å². The smallest absolute Gasteiger partial charge is 0.315 e. The average Bonchev–Trinajstić information content (AvgIpc) is 2.46. The first-order chi connectivity index (χ1) is 9.11. The van der Waals surface area contributed by atoms with Gasteiger partial charge in [0.15, 0.2) is 0 Å². The first-order valence-corrected chi connectivity index (χ1v) is 6.08. The molecule has 0 saturated carbocycles. The molecule has 1 amide bonds. The van der Waals surface area contributed by atoms with Crippen LogP contribution in [0.5, 0.6) is 5.75 Å². The highest BCUT2D eigenvalue weighted by Crippen LogP contribution is 2.22. The Morgan fingerprint density at radius 1 is 1.26 bits per heavy atom. The third-order valence-electron chi connectivity index (χ3n) is 3.20. The molecule has 1 aromatic rings. The van der Waals surface area contributed by atoms with Crippen LogP contribution in [0.4, 0.5) is 14.5 Å². The molecule has 0 radical (unpaired) electrons. The van der Waals surface area contributed by atoms with E-state index >= 15 is 0 Å². The van der Waals surface area contributed by atoms with Crippen molar-refractivity contribution in [3.63, 3.8) is 0 Å². The summed E-state index contributed by atoms with van der Waals surface area (Å²) in [5, 5.41) is 0. The number of piperazine rings is 1. The number of ether oxygens (including phenoxy) is 1. The Morgan fingerprint density at radius 3 is 2.53 bits per heavy atom. The van der Waals surface area contributed by atoms with Crippen molar-refractivity contribution in [1.29, 1.82) is 0 Å². The van der Waals surface area contributed by atoms with Gasteiger partial charge in [-0.25, -0.2) is 0 Å². The molecule has 1 aliphatic heterocycles. The van der Waals surface area contributed by atoms with E-state index in [1.54, 1.807) is 7.11 Å². The van der Waals surface area contributed by atoms with Gasteiger partial charge in [-0.1, -0.05) is 6.07 Å². The number of nitrogens with zero attached hydrogens (tertiary/aromatic N) is 2. The molecule has 0 atom stereocenters. The molecule has 1 aromatic carbocycles. The lowest BCUT2D eigenvalue weighted by molar-refractivity contribution is -0.143. The maximum atomic E-state index is 12.3. The van der Waals surface area contributed by atoms with Gasteiger partial charge in [-0.2, -0.15) is 8.78 Å². The van der Waals surface area contributed by atoms with Crippen molar-refractivity contribution in [3.8, 4) is 5.75 Å². The number of amides is 1. The van der Waals surface area contributed by atoms with Gasteiger partial charge in [-0.05, 0) is 12.1 Å². The molecule has 0 aromatic heterocycles. The molecule has 1 saturated heterocycles. The van der Waals surface area contributed by atoms with Crippen LogP contribution in [0.3, 0.4) is 0 Å². The summed E-state index contributed by atoms with van der Waals surface area (Å²) in [6, 6.07) is 7.56. The Kier molecular flexibility index (Phi) is 4.19. The van der Waals surface area contributed by atoms with Crippen molar-refractivity contribution < 1.29 is 18.3 Å². The number of benzene rings is 1. The van der Waals surface area contributed by atoms with E-state index in [0.29, 0.717) is 26.2 Å². The maximum Gasteiger partial charge on any atom is 0.315 e. The number of hydrogen-bond donors (Lipinski definition) is 0. The summed E-state index contributed by atoms with van der Waals surface area (Å²) in [5.41, 5.74) is 0.975. The standard InChI is InChI=1S/C13H16F2N2O2/c1-19-11-4-2-3-10(9-11)16-5-7-17(8-6-16)13(18)12(14)15/h2-4,9,12H,5-8H2,1H3. The normalized spacial score (nSPS) is 15.8. The minimum atomic E-state index is -2.91. The van der Waals surface area contributed by atoms with Gasteiger partial charge in [-0.15, -0.1) is 0 Å². The van der Waals surface area contributed by atoms with Crippen molar-refractivity contribution >= 4 is 11.6 Å². The molecule has 0 unspecified atom stereocenters. The zero-order valence-corrected chi connectivity index (χ0v) is 10.7. The predicted molar refractivity (Wildman–Crippen MR) is 67.8 cm³/mol. The lowest BCUT2D eigenvalue weighted by Gasteiger charge is -2.36. The lowest BCUT2D eigenvalue weighted by Crippen LogP contribution is -2.50. The largest absolute Gasteiger partial charge is 0.497 e. The van der Waals surface area contributed by atoms with E-state index in [1.165, 1.54) is 4.90 Å². The molecule has 0 N–H and O–H groups in total. The molecule has 1 fully saturated rings. The van der Waals surface area contributed by atoms with Gasteiger partial charge in [0.1, 0.15) is 5.75 Å². The summed E-state index contributed by atoms with van der Waals surface area (Å²) in [5.74, 6) is -0.325. The zero-order chi connectivity index (χ0) is 13.8. The second-order valence-corrected chi connectivity index (χ2v) is 4.31. The fourth-order valence-electron chi connectivity index (χ4n) is 2.13. The number of halogens is 2. The van der Waals surface area contributed by atoms with Gasteiger partial charge in [0, 0.05) is 37.9 Å². The summed E-state index contributed by atoms with van der Waals surface area (Å²) in [4.78, 5) is 14.4. The first-order valence-electron chi connectivity index (χ1n) is 6.08. The molecular formula is C13H16F2N2O2. The number of hydrogen-bond acceptors (Lipinski definition) is 3. The molecule has 0 spiro atoms. The summed E-state index contributed by atoms with van der Waals surface area (Å²) in [6.07, 6.45) is -2.91. The molecule has 4 nitrogen and oxygen atoms in total. The minimum Gasteiger partial charge on any atom is -0.497 e. The SMILES string of the molecule is COc1cccc(N2CCN(C(=O)C(F)F)CC2)c1. The quantitative estimate of drug-likeness (QED) is 0.836. The maximum absolute atomic E-state index is 12.3. The Hall–Kier alpha value is -1.85. The molecule has 6 heteroatoms. The molecule has 19 heavy (non-hydrogen) atoms. The van der Waals surface area contributed by atoms with Crippen molar-refractivity contribution in [2.45, 2.75) is 6.43 Å². The van der Waals surface area contributed by atoms with Gasteiger partial charge >= 0.3 is 6.43 Å². The van der Waals surface area contributed by atoms with E-state index in [9.17, 15) is 13.6 Å². The first kappa shape index (κ1) is 13.6. The summed E-state index contributed by atoms with van der Waals surface area (Å²) in [6.45, 7) is 1.73. The van der Waals surface area contributed by atoms with Crippen molar-refractivity contribution in [3.05, 3.63) is 24.3 Å². The Bertz CT molecular complexity index is 446. The fraction of sp³-hybridized carbons (Fsp3) is 0.462. The summed E-state index contributed by atoms with van der Waals surface area (Å²) >= 11 is 0. The molecule has 2 rings (SSSR count). The van der Waals surface area contributed by atoms with E-state index in [4.69, 9.17) is 4.74 Å². The molecule has 104 valence electrons. The van der Waals surface area contributed by atoms with Crippen LogP contribution in [0.1, 0.15) is 0 Å². The van der Waals surface area contributed by atoms with E-state index in [0.717, 1.165) is 11.4 Å². The van der Waals surface area contributed by atoms with Gasteiger partial charge < -0.3 is 14.5 Å². The summed E-state index contributed by atoms with van der Waals surface area (Å²) in [7, 11) is 1.60. The number of rotatable bonds is 3. The monoisotopic (exact) mass is 270 g/mol. The Labute approximate surface area is 110 Å². The van der Waals surface area contributed by atoms with Gasteiger partial charge in [0.25, 0.3) is 5.91 Å². The van der Waals surface area contributed by atoms with Crippen LogP contribution in [-0.2, 0) is 4.79 Å². The van der Waals surface area contributed by atoms with Crippen LogP contribution >= 0.6 is 0 Å². The molecule has 1 aliphatic rings. The molecule has 0 bridgehead atoms. The van der Waals surface area contributed by atoms with Crippen molar-refractivity contribution in [2.75, 3.05) is 38.2 Å². The van der Waals surface area contributed by atoms with Gasteiger partial charge in [-0.3, -0.25) is 4.79 Å². The zero-order valence-electron chi connectivity index (χ0n) is 10.7. The van der Waals surface area contributed by atoms with Gasteiger partial charge in [0.05, 0.1) is 7.11 Å². The van der Waals surface area contributed by atoms with E-state index in [2.05, 4.69) is 4.90 Å². The second-order valence-electron chi connectivity index (χ2n) is 4.31. The van der Waals surface area contributed by atoms with Crippen LogP contribution in [0, 0.1) is 0 Å². The van der Waals surface area contributed by atoms with E-state index in [-0.39, 0.29) is 0 Å². The fourth-order valence-corrected chi connectivity index (χ4v) is 2.13. The number of carbonyl (C=O) groups excluding carboxylic acids is 1. The number of methoxy groups -OCH3 is 1. The van der Waals surface area contributed by atoms with Crippen LogP contribution in [0.25, 0.3) is 0 Å². The molecule has 1 heterocycles. The Balaban J connectivity index is 1.97. The van der Waals surface area contributed by atoms with Crippen LogP contribution in [0.15, 0.2) is 24.3 Å². The second kappa shape index (κ2) is 5.86. The highest BCUT2D eigenvalue weighted by molar-refractivity contribution is 5.79. The van der Waals surface area contributed by atoms with Crippen LogP contribution < -0.4 is 9.64 Å². The highest BCUT2D eigenvalue weighted by atomic mass is 19.3. The topological polar surface area (TPSA) is 32.8 Å². The van der Waals surface area contributed by atoms with Gasteiger partial charge in [0.2, 0.25) is 0 Å². The summed E-state index contributed by atoms with van der Waals surface area (Å²) < 4.78 is 29.8. The predicted octanol–water partition coefficient (Wildman–Crippen LogP) is 1.61. The number of carbonyl (C=O) groups is 1. The number of alkyl halides is 2.